The Balaban J connectivity index is 1.16. The van der Waals surface area contributed by atoms with Crippen molar-refractivity contribution in [2.75, 3.05) is 31.6 Å². The summed E-state index contributed by atoms with van der Waals surface area (Å²) < 4.78 is 39.1. The highest BCUT2D eigenvalue weighted by atomic mass is 19.1. The molecule has 0 bridgehead atoms. The highest BCUT2D eigenvalue weighted by molar-refractivity contribution is 5.95. The van der Waals surface area contributed by atoms with Crippen molar-refractivity contribution < 1.29 is 28.2 Å². The number of fused-ring (bicyclic) bond motifs is 3. The van der Waals surface area contributed by atoms with E-state index in [2.05, 4.69) is 20.4 Å². The van der Waals surface area contributed by atoms with Crippen molar-refractivity contribution in [1.82, 2.24) is 29.0 Å². The minimum Gasteiger partial charge on any atom is -0.505 e. The summed E-state index contributed by atoms with van der Waals surface area (Å²) in [6.07, 6.45) is 4.62. The average molecular weight is 658 g/mol. The van der Waals surface area contributed by atoms with Crippen LogP contribution in [0.5, 0.6) is 5.75 Å². The lowest BCUT2D eigenvalue weighted by atomic mass is 9.74. The van der Waals surface area contributed by atoms with Gasteiger partial charge in [-0.2, -0.15) is 9.50 Å². The number of hydrogen-bond donors (Lipinski definition) is 2. The molecule has 1 saturated heterocycles. The molecule has 248 valence electrons. The lowest BCUT2D eigenvalue weighted by Gasteiger charge is -2.39. The Labute approximate surface area is 273 Å². The van der Waals surface area contributed by atoms with Crippen LogP contribution < -0.4 is 10.9 Å². The topological polar surface area (TPSA) is 144 Å². The number of carbonyl (C=O) groups is 2. The zero-order chi connectivity index (χ0) is 33.2. The molecule has 1 spiro atoms. The summed E-state index contributed by atoms with van der Waals surface area (Å²) in [5.41, 5.74) is 0.466. The van der Waals surface area contributed by atoms with Gasteiger partial charge in [0, 0.05) is 36.0 Å². The summed E-state index contributed by atoms with van der Waals surface area (Å²) in [5, 5.41) is 17.5. The Morgan fingerprint density at radius 3 is 2.69 bits per heavy atom. The van der Waals surface area contributed by atoms with Crippen LogP contribution >= 0.6 is 0 Å². The summed E-state index contributed by atoms with van der Waals surface area (Å²) in [6.45, 7) is 0.847. The first-order valence-corrected chi connectivity index (χ1v) is 16.2. The average Bonchev–Trinajstić information content (AvgIpc) is 3.75. The number of carbonyl (C=O) groups excluding carboxylic acids is 2. The van der Waals surface area contributed by atoms with Gasteiger partial charge in [-0.1, -0.05) is 12.1 Å². The third-order valence-corrected chi connectivity index (χ3v) is 10.0. The standard InChI is InChI=1S/C34H33F2N7O5/c35-23-16-21(5-6-22(23)19-3-4-19)38-26(45)18-42-29-24(36)17-34(9-12-41(13-10-34)32(47)28-25(44)2-1-11-37-28)27(29)31(46)43-33(42)39-30(40-43)20-7-14-48-15-8-20/h1-2,5-7,11,16,19,24,44H,3-4,8-10,12-15,17-18H2,(H,38,45). The molecule has 4 aromatic rings. The highest BCUT2D eigenvalue weighted by Gasteiger charge is 2.51. The van der Waals surface area contributed by atoms with Crippen LogP contribution in [0.1, 0.15) is 83.7 Å². The number of benzene rings is 1. The molecule has 5 heterocycles. The fraction of sp³-hybridized carbons (Fsp3) is 0.412. The molecule has 4 aliphatic rings. The van der Waals surface area contributed by atoms with Gasteiger partial charge < -0.3 is 24.6 Å². The molecule has 1 atom stereocenters. The van der Waals surface area contributed by atoms with Crippen LogP contribution in [0.4, 0.5) is 14.5 Å². The minimum atomic E-state index is -1.59. The number of ether oxygens (including phenoxy) is 1. The molecule has 0 radical (unpaired) electrons. The number of rotatable bonds is 6. The predicted molar refractivity (Wildman–Crippen MR) is 169 cm³/mol. The molecule has 12 nitrogen and oxygen atoms in total. The van der Waals surface area contributed by atoms with Crippen LogP contribution in [0, 0.1) is 5.82 Å². The monoisotopic (exact) mass is 657 g/mol. The first-order chi connectivity index (χ1) is 23.2. The molecule has 2 N–H and O–H groups in total. The van der Waals surface area contributed by atoms with Gasteiger partial charge in [-0.3, -0.25) is 14.4 Å². The number of amides is 2. The molecule has 2 aliphatic carbocycles. The summed E-state index contributed by atoms with van der Waals surface area (Å²) >= 11 is 0. The molecule has 48 heavy (non-hydrogen) atoms. The fourth-order valence-corrected chi connectivity index (χ4v) is 7.44. The Bertz CT molecular complexity index is 2060. The molecule has 1 saturated carbocycles. The van der Waals surface area contributed by atoms with Gasteiger partial charge in [-0.05, 0) is 79.8 Å². The summed E-state index contributed by atoms with van der Waals surface area (Å²) in [4.78, 5) is 51.1. The van der Waals surface area contributed by atoms with Crippen molar-refractivity contribution in [3.63, 3.8) is 0 Å². The predicted octanol–water partition coefficient (Wildman–Crippen LogP) is 4.04. The van der Waals surface area contributed by atoms with Gasteiger partial charge in [-0.15, -0.1) is 5.10 Å². The lowest BCUT2D eigenvalue weighted by Crippen LogP contribution is -2.46. The largest absolute Gasteiger partial charge is 0.505 e. The minimum absolute atomic E-state index is 0.00752. The van der Waals surface area contributed by atoms with Gasteiger partial charge in [0.2, 0.25) is 11.7 Å². The lowest BCUT2D eigenvalue weighted by molar-refractivity contribution is -0.116. The Morgan fingerprint density at radius 2 is 1.98 bits per heavy atom. The van der Waals surface area contributed by atoms with E-state index in [1.807, 2.05) is 6.08 Å². The number of nitrogens with one attached hydrogen (secondary N) is 1. The van der Waals surface area contributed by atoms with Gasteiger partial charge in [-0.25, -0.2) is 13.8 Å². The van der Waals surface area contributed by atoms with E-state index in [-0.39, 0.29) is 78.3 Å². The molecular formula is C34H33F2N7O5. The van der Waals surface area contributed by atoms with Crippen LogP contribution in [-0.4, -0.2) is 72.3 Å². The van der Waals surface area contributed by atoms with Crippen molar-refractivity contribution in [2.45, 2.75) is 62.6 Å². The molecule has 3 aromatic heterocycles. The molecule has 2 fully saturated rings. The smallest absolute Gasteiger partial charge is 0.279 e. The second kappa shape index (κ2) is 11.6. The molecule has 8 rings (SSSR count). The van der Waals surface area contributed by atoms with Crippen LogP contribution in [0.2, 0.25) is 0 Å². The highest BCUT2D eigenvalue weighted by Crippen LogP contribution is 2.51. The maximum Gasteiger partial charge on any atom is 0.279 e. The van der Waals surface area contributed by atoms with Crippen molar-refractivity contribution in [1.29, 1.82) is 0 Å². The molecule has 1 aromatic carbocycles. The van der Waals surface area contributed by atoms with E-state index >= 15 is 4.39 Å². The summed E-state index contributed by atoms with van der Waals surface area (Å²) in [6, 6.07) is 7.53. The van der Waals surface area contributed by atoms with E-state index in [9.17, 15) is 23.9 Å². The number of alkyl halides is 1. The Hall–Kier alpha value is -4.98. The third-order valence-electron chi connectivity index (χ3n) is 10.0. The number of likely N-dealkylation sites (tertiary alicyclic amines) is 1. The number of aromatic nitrogens is 5. The summed E-state index contributed by atoms with van der Waals surface area (Å²) in [5.74, 6) is -1.07. The Kier molecular flexibility index (Phi) is 7.35. The quantitative estimate of drug-likeness (QED) is 0.316. The van der Waals surface area contributed by atoms with E-state index in [1.165, 1.54) is 29.0 Å². The Morgan fingerprint density at radius 1 is 1.17 bits per heavy atom. The maximum atomic E-state index is 16.4. The zero-order valence-electron chi connectivity index (χ0n) is 26.0. The van der Waals surface area contributed by atoms with Gasteiger partial charge in [0.25, 0.3) is 11.5 Å². The van der Waals surface area contributed by atoms with Crippen LogP contribution in [-0.2, 0) is 21.5 Å². The number of halogens is 2. The van der Waals surface area contributed by atoms with Crippen LogP contribution in [0.15, 0.2) is 47.4 Å². The van der Waals surface area contributed by atoms with E-state index in [0.717, 1.165) is 22.9 Å². The normalized spacial score (nSPS) is 20.2. The number of pyridine rings is 1. The molecule has 2 aliphatic heterocycles. The van der Waals surface area contributed by atoms with Crippen molar-refractivity contribution in [3.8, 4) is 5.75 Å². The fourth-order valence-electron chi connectivity index (χ4n) is 7.44. The zero-order valence-corrected chi connectivity index (χ0v) is 26.0. The molecule has 1 unspecified atom stereocenters. The third kappa shape index (κ3) is 5.14. The van der Waals surface area contributed by atoms with Gasteiger partial charge in [0.1, 0.15) is 24.3 Å². The first-order valence-electron chi connectivity index (χ1n) is 16.2. The van der Waals surface area contributed by atoms with Crippen LogP contribution in [0.25, 0.3) is 11.4 Å². The number of anilines is 1. The SMILES string of the molecule is O=C(Cn1c2c(c(=O)n3nc(C4=CCOCC4)nc13)C1(CCN(C(=O)c3ncccc3O)CC1)CC2F)Nc1ccc(C2CC2)c(F)c1. The number of nitrogens with zero attached hydrogens (tertiary/aromatic N) is 6. The number of piperidine rings is 1. The second-order valence-corrected chi connectivity index (χ2v) is 13.0. The van der Waals surface area contributed by atoms with Gasteiger partial charge in [0.05, 0.1) is 18.9 Å². The van der Waals surface area contributed by atoms with Gasteiger partial charge >= 0.3 is 0 Å². The van der Waals surface area contributed by atoms with Crippen molar-refractivity contribution in [3.05, 3.63) is 87.1 Å². The van der Waals surface area contributed by atoms with E-state index in [0.29, 0.717) is 31.0 Å². The van der Waals surface area contributed by atoms with E-state index in [1.54, 1.807) is 17.0 Å². The van der Waals surface area contributed by atoms with E-state index < -0.39 is 35.5 Å². The number of aromatic hydroxyl groups is 1. The van der Waals surface area contributed by atoms with E-state index in [4.69, 9.17) is 4.74 Å². The van der Waals surface area contributed by atoms with Crippen molar-refractivity contribution in [2.24, 2.45) is 0 Å². The maximum absolute atomic E-state index is 16.4. The van der Waals surface area contributed by atoms with Crippen LogP contribution in [0.3, 0.4) is 0 Å². The first kappa shape index (κ1) is 30.4. The second-order valence-electron chi connectivity index (χ2n) is 13.0. The van der Waals surface area contributed by atoms with Crippen molar-refractivity contribution >= 4 is 28.9 Å². The molecular weight excluding hydrogens is 624 g/mol. The summed E-state index contributed by atoms with van der Waals surface area (Å²) in [7, 11) is 0. The molecule has 2 amide bonds. The molecule has 14 heteroatoms. The van der Waals surface area contributed by atoms with Gasteiger partial charge in [0.15, 0.2) is 11.5 Å². The number of hydrogen-bond acceptors (Lipinski definition) is 8.